The van der Waals surface area contributed by atoms with Crippen LogP contribution < -0.4 is 14.8 Å². The Kier molecular flexibility index (Phi) is 6.35. The lowest BCUT2D eigenvalue weighted by Crippen LogP contribution is -2.45. The van der Waals surface area contributed by atoms with Gasteiger partial charge in [0, 0.05) is 30.0 Å². The van der Waals surface area contributed by atoms with E-state index < -0.39 is 0 Å². The summed E-state index contributed by atoms with van der Waals surface area (Å²) in [5.74, 6) is 2.12. The van der Waals surface area contributed by atoms with Crippen LogP contribution in [0.15, 0.2) is 41.1 Å². The fourth-order valence-electron chi connectivity index (χ4n) is 3.85. The number of piperidine rings is 1. The molecule has 6 nitrogen and oxygen atoms in total. The van der Waals surface area contributed by atoms with Crippen LogP contribution in [0.4, 0.5) is 0 Å². The summed E-state index contributed by atoms with van der Waals surface area (Å²) >= 11 is 3.35. The minimum Gasteiger partial charge on any atom is -0.486 e. The lowest BCUT2D eigenvalue weighted by molar-refractivity contribution is 0.0476. The summed E-state index contributed by atoms with van der Waals surface area (Å²) in [5.41, 5.74) is 1.76. The summed E-state index contributed by atoms with van der Waals surface area (Å²) in [7, 11) is 0. The van der Waals surface area contributed by atoms with Crippen LogP contribution in [0.2, 0.25) is 0 Å². The third kappa shape index (κ3) is 5.28. The second kappa shape index (κ2) is 9.13. The fourth-order valence-corrected chi connectivity index (χ4v) is 4.21. The molecular formula is C22H26BrN3O3. The van der Waals surface area contributed by atoms with Gasteiger partial charge in [-0.05, 0) is 78.5 Å². The minimum atomic E-state index is -0.0667. The number of hydrogen-bond donors (Lipinski definition) is 1. The summed E-state index contributed by atoms with van der Waals surface area (Å²) in [5, 5.41) is 3.05. The first-order valence-corrected chi connectivity index (χ1v) is 10.9. The number of aryl methyl sites for hydroxylation is 1. The molecule has 1 N–H and O–H groups in total. The molecule has 1 fully saturated rings. The van der Waals surface area contributed by atoms with Gasteiger partial charge in [-0.15, -0.1) is 0 Å². The van der Waals surface area contributed by atoms with E-state index in [-0.39, 0.29) is 12.0 Å². The Balaban J connectivity index is 1.20. The van der Waals surface area contributed by atoms with E-state index in [2.05, 4.69) is 38.1 Å². The SMILES string of the molecule is Cc1ccc2c(c1)OC(CN1CCC(CNC(=O)c3cncc(Br)c3)CC1)CO2. The summed E-state index contributed by atoms with van der Waals surface area (Å²) in [6.45, 7) is 6.25. The van der Waals surface area contributed by atoms with Crippen molar-refractivity contribution in [3.63, 3.8) is 0 Å². The monoisotopic (exact) mass is 459 g/mol. The molecule has 2 aliphatic heterocycles. The largest absolute Gasteiger partial charge is 0.486 e. The van der Waals surface area contributed by atoms with Gasteiger partial charge >= 0.3 is 0 Å². The van der Waals surface area contributed by atoms with Crippen molar-refractivity contribution in [3.8, 4) is 11.5 Å². The van der Waals surface area contributed by atoms with E-state index >= 15 is 0 Å². The Hall–Kier alpha value is -2.12. The van der Waals surface area contributed by atoms with Crippen LogP contribution in [0, 0.1) is 12.8 Å². The third-order valence-electron chi connectivity index (χ3n) is 5.50. The van der Waals surface area contributed by atoms with Gasteiger partial charge in [-0.25, -0.2) is 0 Å². The average molecular weight is 460 g/mol. The molecule has 0 radical (unpaired) electrons. The molecule has 4 rings (SSSR count). The number of carbonyl (C=O) groups excluding carboxylic acids is 1. The Bertz CT molecular complexity index is 868. The Labute approximate surface area is 179 Å². The highest BCUT2D eigenvalue weighted by atomic mass is 79.9. The molecule has 1 aromatic heterocycles. The number of fused-ring (bicyclic) bond motifs is 1. The van der Waals surface area contributed by atoms with Crippen molar-refractivity contribution < 1.29 is 14.3 Å². The van der Waals surface area contributed by atoms with E-state index in [4.69, 9.17) is 9.47 Å². The number of halogens is 1. The van der Waals surface area contributed by atoms with E-state index in [1.807, 2.05) is 18.2 Å². The zero-order chi connectivity index (χ0) is 20.2. The van der Waals surface area contributed by atoms with Crippen molar-refractivity contribution >= 4 is 21.8 Å². The summed E-state index contributed by atoms with van der Waals surface area (Å²) < 4.78 is 12.8. The summed E-state index contributed by atoms with van der Waals surface area (Å²) in [6.07, 6.45) is 5.47. The van der Waals surface area contributed by atoms with Gasteiger partial charge in [0.2, 0.25) is 0 Å². The maximum Gasteiger partial charge on any atom is 0.252 e. The number of amides is 1. The molecule has 154 valence electrons. The quantitative estimate of drug-likeness (QED) is 0.741. The molecular weight excluding hydrogens is 434 g/mol. The molecule has 1 amide bonds. The van der Waals surface area contributed by atoms with Crippen molar-refractivity contribution in [1.82, 2.24) is 15.2 Å². The molecule has 29 heavy (non-hydrogen) atoms. The van der Waals surface area contributed by atoms with Gasteiger partial charge in [-0.2, -0.15) is 0 Å². The first kappa shape index (κ1) is 20.2. The molecule has 3 heterocycles. The van der Waals surface area contributed by atoms with Gasteiger partial charge in [0.25, 0.3) is 5.91 Å². The van der Waals surface area contributed by atoms with Crippen LogP contribution >= 0.6 is 15.9 Å². The highest BCUT2D eigenvalue weighted by Gasteiger charge is 2.26. The molecule has 0 aliphatic carbocycles. The van der Waals surface area contributed by atoms with Gasteiger partial charge in [0.05, 0.1) is 5.56 Å². The number of carbonyl (C=O) groups is 1. The van der Waals surface area contributed by atoms with Gasteiger partial charge in [-0.1, -0.05) is 6.07 Å². The number of nitrogens with zero attached hydrogens (tertiary/aromatic N) is 2. The van der Waals surface area contributed by atoms with E-state index in [1.54, 1.807) is 18.5 Å². The van der Waals surface area contributed by atoms with E-state index in [0.29, 0.717) is 24.6 Å². The molecule has 0 spiro atoms. The van der Waals surface area contributed by atoms with Crippen molar-refractivity contribution in [2.24, 2.45) is 5.92 Å². The van der Waals surface area contributed by atoms with Crippen LogP contribution in [0.3, 0.4) is 0 Å². The molecule has 2 aliphatic rings. The molecule has 7 heteroatoms. The summed E-state index contributed by atoms with van der Waals surface area (Å²) in [4.78, 5) is 18.8. The van der Waals surface area contributed by atoms with E-state index in [9.17, 15) is 4.79 Å². The number of hydrogen-bond acceptors (Lipinski definition) is 5. The maximum absolute atomic E-state index is 12.3. The first-order valence-electron chi connectivity index (χ1n) is 10.1. The van der Waals surface area contributed by atoms with Crippen molar-refractivity contribution in [2.75, 3.05) is 32.8 Å². The van der Waals surface area contributed by atoms with Crippen LogP contribution in [0.5, 0.6) is 11.5 Å². The predicted molar refractivity (Wildman–Crippen MR) is 115 cm³/mol. The predicted octanol–water partition coefficient (Wildman–Crippen LogP) is 3.43. The number of rotatable bonds is 5. The summed E-state index contributed by atoms with van der Waals surface area (Å²) in [6, 6.07) is 7.85. The zero-order valence-corrected chi connectivity index (χ0v) is 18.2. The Morgan fingerprint density at radius 3 is 2.86 bits per heavy atom. The molecule has 1 saturated heterocycles. The van der Waals surface area contributed by atoms with Gasteiger partial charge in [0.1, 0.15) is 12.7 Å². The van der Waals surface area contributed by atoms with Crippen LogP contribution in [-0.4, -0.2) is 54.7 Å². The number of nitrogens with one attached hydrogen (secondary N) is 1. The molecule has 0 bridgehead atoms. The van der Waals surface area contributed by atoms with Crippen molar-refractivity contribution in [2.45, 2.75) is 25.9 Å². The minimum absolute atomic E-state index is 0.0598. The van der Waals surface area contributed by atoms with E-state index in [1.165, 1.54) is 5.56 Å². The average Bonchev–Trinajstić information content (AvgIpc) is 2.73. The normalized spacial score (nSPS) is 19.7. The van der Waals surface area contributed by atoms with Crippen molar-refractivity contribution in [3.05, 3.63) is 52.3 Å². The highest BCUT2D eigenvalue weighted by molar-refractivity contribution is 9.10. The topological polar surface area (TPSA) is 63.7 Å². The molecule has 1 atom stereocenters. The number of aromatic nitrogens is 1. The van der Waals surface area contributed by atoms with Gasteiger partial charge in [0.15, 0.2) is 11.5 Å². The lowest BCUT2D eigenvalue weighted by Gasteiger charge is -2.35. The lowest BCUT2D eigenvalue weighted by atomic mass is 9.96. The number of pyridine rings is 1. The van der Waals surface area contributed by atoms with Gasteiger partial charge < -0.3 is 14.8 Å². The number of ether oxygens (including phenoxy) is 2. The smallest absolute Gasteiger partial charge is 0.252 e. The van der Waals surface area contributed by atoms with Crippen LogP contribution in [0.25, 0.3) is 0 Å². The third-order valence-corrected chi connectivity index (χ3v) is 5.94. The van der Waals surface area contributed by atoms with E-state index in [0.717, 1.165) is 48.4 Å². The fraction of sp³-hybridized carbons (Fsp3) is 0.455. The Morgan fingerprint density at radius 2 is 2.07 bits per heavy atom. The second-order valence-electron chi connectivity index (χ2n) is 7.85. The first-order chi connectivity index (χ1) is 14.1. The second-order valence-corrected chi connectivity index (χ2v) is 8.76. The number of likely N-dealkylation sites (tertiary alicyclic amines) is 1. The van der Waals surface area contributed by atoms with Crippen LogP contribution in [0.1, 0.15) is 28.8 Å². The molecule has 2 aromatic rings. The van der Waals surface area contributed by atoms with Crippen molar-refractivity contribution in [1.29, 1.82) is 0 Å². The zero-order valence-electron chi connectivity index (χ0n) is 16.6. The molecule has 0 saturated carbocycles. The molecule has 1 aromatic carbocycles. The van der Waals surface area contributed by atoms with Gasteiger partial charge in [-0.3, -0.25) is 14.7 Å². The Morgan fingerprint density at radius 1 is 1.24 bits per heavy atom. The number of benzene rings is 1. The maximum atomic E-state index is 12.3. The standard InChI is InChI=1S/C22H26BrN3O3/c1-15-2-3-20-21(8-15)29-19(14-28-20)13-26-6-4-16(5-7-26)10-25-22(27)17-9-18(23)12-24-11-17/h2-3,8-9,11-12,16,19H,4-7,10,13-14H2,1H3,(H,25,27). The van der Waals surface area contributed by atoms with Crippen LogP contribution in [-0.2, 0) is 0 Å². The highest BCUT2D eigenvalue weighted by Crippen LogP contribution is 2.32. The molecule has 1 unspecified atom stereocenters.